The molecule has 0 spiro atoms. The first-order valence-electron chi connectivity index (χ1n) is 12.9. The molecule has 8 heteroatoms. The van der Waals surface area contributed by atoms with E-state index in [9.17, 15) is 9.59 Å². The summed E-state index contributed by atoms with van der Waals surface area (Å²) in [5.41, 5.74) is 5.59. The normalized spacial score (nSPS) is 38.9. The Hall–Kier alpha value is -1.22. The van der Waals surface area contributed by atoms with Crippen LogP contribution in [0.5, 0.6) is 0 Å². The maximum absolute atomic E-state index is 13.2. The number of primary amides is 1. The number of methoxy groups -OCH3 is 1. The highest BCUT2D eigenvalue weighted by Crippen LogP contribution is 2.32. The van der Waals surface area contributed by atoms with Crippen molar-refractivity contribution in [2.45, 2.75) is 95.1 Å². The van der Waals surface area contributed by atoms with E-state index in [1.165, 1.54) is 25.7 Å². The summed E-state index contributed by atoms with van der Waals surface area (Å²) in [7, 11) is 1.83. The molecule has 2 saturated heterocycles. The number of nitrogens with one attached hydrogen (secondary N) is 3. The fraction of sp³-hybridized carbons (Fsp3) is 0.917. The molecule has 2 heterocycles. The van der Waals surface area contributed by atoms with Gasteiger partial charge in [-0.1, -0.05) is 6.42 Å². The summed E-state index contributed by atoms with van der Waals surface area (Å²) in [6, 6.07) is -0.102. The van der Waals surface area contributed by atoms with Crippen LogP contribution in [-0.2, 0) is 14.3 Å². The van der Waals surface area contributed by atoms with E-state index < -0.39 is 6.04 Å². The molecule has 2 aliphatic heterocycles. The van der Waals surface area contributed by atoms with Crippen LogP contribution in [0, 0.1) is 17.8 Å². The lowest BCUT2D eigenvalue weighted by Gasteiger charge is -2.41. The Morgan fingerprint density at radius 2 is 1.69 bits per heavy atom. The highest BCUT2D eigenvalue weighted by molar-refractivity contribution is 5.87. The second kappa shape index (κ2) is 11.3. The van der Waals surface area contributed by atoms with E-state index in [1.807, 2.05) is 7.11 Å². The summed E-state index contributed by atoms with van der Waals surface area (Å²) in [6.07, 6.45) is 12.0. The third-order valence-electron chi connectivity index (χ3n) is 8.43. The van der Waals surface area contributed by atoms with E-state index in [1.54, 1.807) is 4.90 Å². The summed E-state index contributed by atoms with van der Waals surface area (Å²) >= 11 is 0. The van der Waals surface area contributed by atoms with Gasteiger partial charge in [0.15, 0.2) is 0 Å². The summed E-state index contributed by atoms with van der Waals surface area (Å²) < 4.78 is 5.52. The molecule has 2 aliphatic carbocycles. The minimum atomic E-state index is -0.415. The number of amides is 2. The van der Waals surface area contributed by atoms with E-state index in [-0.39, 0.29) is 24.0 Å². The first-order chi connectivity index (χ1) is 15.5. The smallest absolute Gasteiger partial charge is 0.240 e. The standard InChI is InChI=1S/C24H43N5O3/c1-32-20-10-8-16(9-11-20)18-14-26-24(27-15-18)28-19-6-4-5-17(13-19)23(31)29-12-3-2-7-21(29)22(25)30/h16-21,24,26-28H,2-15H2,1H3,(H2,25,30). The van der Waals surface area contributed by atoms with Gasteiger partial charge in [-0.25, -0.2) is 0 Å². The Labute approximate surface area is 192 Å². The molecule has 3 unspecified atom stereocenters. The van der Waals surface area contributed by atoms with Crippen molar-refractivity contribution in [1.82, 2.24) is 20.9 Å². The molecule has 0 aromatic carbocycles. The quantitative estimate of drug-likeness (QED) is 0.487. The number of rotatable bonds is 6. The fourth-order valence-electron chi connectivity index (χ4n) is 6.46. The first-order valence-corrected chi connectivity index (χ1v) is 12.9. The number of likely N-dealkylation sites (tertiary alicyclic amines) is 1. The molecule has 4 rings (SSSR count). The maximum atomic E-state index is 13.2. The van der Waals surface area contributed by atoms with Crippen LogP contribution in [0.4, 0.5) is 0 Å². The Bertz CT molecular complexity index is 631. The molecule has 4 fully saturated rings. The second-order valence-corrected chi connectivity index (χ2v) is 10.5. The lowest BCUT2D eigenvalue weighted by atomic mass is 9.78. The van der Waals surface area contributed by atoms with Gasteiger partial charge >= 0.3 is 0 Å². The number of piperidine rings is 1. The number of nitrogens with zero attached hydrogens (tertiary/aromatic N) is 1. The van der Waals surface area contributed by atoms with Crippen LogP contribution in [-0.4, -0.2) is 67.9 Å². The van der Waals surface area contributed by atoms with Crippen LogP contribution in [0.1, 0.15) is 70.6 Å². The molecule has 4 aliphatic rings. The fourth-order valence-corrected chi connectivity index (χ4v) is 6.46. The Morgan fingerprint density at radius 1 is 0.938 bits per heavy atom. The molecule has 2 saturated carbocycles. The van der Waals surface area contributed by atoms with Gasteiger partial charge in [-0.3, -0.25) is 25.5 Å². The van der Waals surface area contributed by atoms with E-state index in [2.05, 4.69) is 16.0 Å². The van der Waals surface area contributed by atoms with Crippen LogP contribution >= 0.6 is 0 Å². The number of hydrogen-bond donors (Lipinski definition) is 4. The van der Waals surface area contributed by atoms with Gasteiger partial charge in [-0.2, -0.15) is 0 Å². The molecule has 2 amide bonds. The van der Waals surface area contributed by atoms with Gasteiger partial charge in [-0.05, 0) is 76.0 Å². The van der Waals surface area contributed by atoms with E-state index in [0.717, 1.165) is 57.5 Å². The van der Waals surface area contributed by atoms with Crippen LogP contribution in [0.25, 0.3) is 0 Å². The highest BCUT2D eigenvalue weighted by atomic mass is 16.5. The predicted molar refractivity (Wildman–Crippen MR) is 123 cm³/mol. The van der Waals surface area contributed by atoms with Gasteiger partial charge < -0.3 is 15.4 Å². The summed E-state index contributed by atoms with van der Waals surface area (Å²) in [4.78, 5) is 26.8. The van der Waals surface area contributed by atoms with Gasteiger partial charge in [0, 0.05) is 38.7 Å². The first kappa shape index (κ1) is 23.9. The van der Waals surface area contributed by atoms with Gasteiger partial charge in [0.2, 0.25) is 11.8 Å². The van der Waals surface area contributed by atoms with Crippen molar-refractivity contribution in [3.05, 3.63) is 0 Å². The topological polar surface area (TPSA) is 109 Å². The summed E-state index contributed by atoms with van der Waals surface area (Å²) in [5, 5.41) is 11.0. The van der Waals surface area contributed by atoms with Crippen molar-refractivity contribution in [2.75, 3.05) is 26.7 Å². The third kappa shape index (κ3) is 5.82. The van der Waals surface area contributed by atoms with Gasteiger partial charge in [0.05, 0.1) is 6.10 Å². The average molecular weight is 450 g/mol. The minimum absolute atomic E-state index is 0.00601. The maximum Gasteiger partial charge on any atom is 0.240 e. The molecule has 32 heavy (non-hydrogen) atoms. The van der Waals surface area contributed by atoms with Crippen molar-refractivity contribution in [3.63, 3.8) is 0 Å². The van der Waals surface area contributed by atoms with Gasteiger partial charge in [0.1, 0.15) is 12.3 Å². The highest BCUT2D eigenvalue weighted by Gasteiger charge is 2.37. The monoisotopic (exact) mass is 449 g/mol. The molecule has 5 N–H and O–H groups in total. The van der Waals surface area contributed by atoms with E-state index >= 15 is 0 Å². The molecule has 8 nitrogen and oxygen atoms in total. The van der Waals surface area contributed by atoms with Crippen LogP contribution in [0.2, 0.25) is 0 Å². The Balaban J connectivity index is 1.22. The van der Waals surface area contributed by atoms with Crippen molar-refractivity contribution in [3.8, 4) is 0 Å². The number of carbonyl (C=O) groups excluding carboxylic acids is 2. The Morgan fingerprint density at radius 3 is 2.38 bits per heavy atom. The molecule has 3 atom stereocenters. The molecule has 0 bridgehead atoms. The number of nitrogens with two attached hydrogens (primary N) is 1. The number of ether oxygens (including phenoxy) is 1. The molecule has 0 aromatic heterocycles. The SMILES string of the molecule is COC1CCC(C2CNC(NC3CCCC(C(=O)N4CCCCC4C(N)=O)C3)NC2)CC1. The van der Waals surface area contributed by atoms with Crippen molar-refractivity contribution in [1.29, 1.82) is 0 Å². The lowest BCUT2D eigenvalue weighted by molar-refractivity contribution is -0.145. The summed E-state index contributed by atoms with van der Waals surface area (Å²) in [5.74, 6) is 1.23. The molecular formula is C24H43N5O3. The van der Waals surface area contributed by atoms with Crippen LogP contribution in [0.3, 0.4) is 0 Å². The predicted octanol–water partition coefficient (Wildman–Crippen LogP) is 1.30. The molecular weight excluding hydrogens is 406 g/mol. The van der Waals surface area contributed by atoms with Gasteiger partial charge in [0.25, 0.3) is 0 Å². The largest absolute Gasteiger partial charge is 0.381 e. The van der Waals surface area contributed by atoms with Crippen molar-refractivity contribution >= 4 is 11.8 Å². The van der Waals surface area contributed by atoms with Gasteiger partial charge in [-0.15, -0.1) is 0 Å². The zero-order chi connectivity index (χ0) is 22.5. The lowest BCUT2D eigenvalue weighted by Crippen LogP contribution is -2.63. The minimum Gasteiger partial charge on any atom is -0.381 e. The van der Waals surface area contributed by atoms with Crippen LogP contribution < -0.4 is 21.7 Å². The number of carbonyl (C=O) groups is 2. The molecule has 182 valence electrons. The second-order valence-electron chi connectivity index (χ2n) is 10.5. The zero-order valence-electron chi connectivity index (χ0n) is 19.7. The van der Waals surface area contributed by atoms with E-state index in [4.69, 9.17) is 10.5 Å². The van der Waals surface area contributed by atoms with Crippen molar-refractivity contribution < 1.29 is 14.3 Å². The van der Waals surface area contributed by atoms with Crippen LogP contribution in [0.15, 0.2) is 0 Å². The molecule has 0 aromatic rings. The zero-order valence-corrected chi connectivity index (χ0v) is 19.7. The third-order valence-corrected chi connectivity index (χ3v) is 8.43. The average Bonchev–Trinajstić information content (AvgIpc) is 2.84. The van der Waals surface area contributed by atoms with Crippen molar-refractivity contribution in [2.24, 2.45) is 23.5 Å². The molecule has 0 radical (unpaired) electrons. The number of hydrogen-bond acceptors (Lipinski definition) is 6. The summed E-state index contributed by atoms with van der Waals surface area (Å²) in [6.45, 7) is 2.74. The van der Waals surface area contributed by atoms with E-state index in [0.29, 0.717) is 31.0 Å². The Kier molecular flexibility index (Phi) is 8.43.